The zero-order valence-electron chi connectivity index (χ0n) is 14.5. The van der Waals surface area contributed by atoms with E-state index in [2.05, 4.69) is 10.4 Å². The molecule has 1 aromatic heterocycles. The van der Waals surface area contributed by atoms with E-state index in [0.717, 1.165) is 23.6 Å². The Morgan fingerprint density at radius 2 is 2.00 bits per heavy atom. The van der Waals surface area contributed by atoms with Crippen LogP contribution in [-0.4, -0.2) is 15.7 Å². The highest BCUT2D eigenvalue weighted by Crippen LogP contribution is 2.17. The lowest BCUT2D eigenvalue weighted by Crippen LogP contribution is -2.23. The number of amides is 1. The minimum atomic E-state index is -0.135. The van der Waals surface area contributed by atoms with E-state index < -0.39 is 0 Å². The molecule has 0 atom stereocenters. The Morgan fingerprint density at radius 3 is 2.73 bits per heavy atom. The number of aromatic nitrogens is 2. The minimum Gasteiger partial charge on any atom is -0.489 e. The Kier molecular flexibility index (Phi) is 5.92. The lowest BCUT2D eigenvalue weighted by Gasteiger charge is -2.08. The first-order valence-electron chi connectivity index (χ1n) is 8.42. The van der Waals surface area contributed by atoms with Crippen LogP contribution in [0.1, 0.15) is 28.5 Å². The summed E-state index contributed by atoms with van der Waals surface area (Å²) in [5, 5.41) is 7.91. The Hall–Kier alpha value is -2.79. The number of nitrogens with one attached hydrogen (secondary N) is 1. The summed E-state index contributed by atoms with van der Waals surface area (Å²) < 4.78 is 7.55. The maximum Gasteiger partial charge on any atom is 0.251 e. The number of carbonyl (C=O) groups is 1. The van der Waals surface area contributed by atoms with Crippen molar-refractivity contribution in [3.63, 3.8) is 0 Å². The van der Waals surface area contributed by atoms with Gasteiger partial charge in [0.15, 0.2) is 0 Å². The van der Waals surface area contributed by atoms with Crippen LogP contribution in [0, 0.1) is 0 Å². The molecule has 0 aliphatic heterocycles. The van der Waals surface area contributed by atoms with Crippen molar-refractivity contribution in [1.82, 2.24) is 15.1 Å². The predicted molar refractivity (Wildman–Crippen MR) is 101 cm³/mol. The third-order valence-electron chi connectivity index (χ3n) is 3.86. The van der Waals surface area contributed by atoms with Crippen LogP contribution in [0.3, 0.4) is 0 Å². The number of rotatable bonds is 7. The molecule has 0 spiro atoms. The number of carbonyl (C=O) groups excluding carboxylic acids is 1. The van der Waals surface area contributed by atoms with Crippen LogP contribution in [-0.2, 0) is 19.7 Å². The molecule has 26 heavy (non-hydrogen) atoms. The predicted octanol–water partition coefficient (Wildman–Crippen LogP) is 4.07. The second-order valence-corrected chi connectivity index (χ2v) is 6.22. The molecule has 0 aliphatic carbocycles. The Balaban J connectivity index is 1.57. The van der Waals surface area contributed by atoms with E-state index in [9.17, 15) is 4.79 Å². The van der Waals surface area contributed by atoms with Crippen LogP contribution in [0.2, 0.25) is 5.02 Å². The highest BCUT2D eigenvalue weighted by molar-refractivity contribution is 6.30. The summed E-state index contributed by atoms with van der Waals surface area (Å²) in [6.07, 6.45) is 1.90. The zero-order chi connectivity index (χ0) is 18.4. The largest absolute Gasteiger partial charge is 0.489 e. The molecule has 0 fully saturated rings. The molecule has 3 aromatic rings. The van der Waals surface area contributed by atoms with E-state index >= 15 is 0 Å². The summed E-state index contributed by atoms with van der Waals surface area (Å²) in [6.45, 7) is 3.61. The summed E-state index contributed by atoms with van der Waals surface area (Å²) in [4.78, 5) is 12.4. The first kappa shape index (κ1) is 18.0. The molecule has 3 rings (SSSR count). The second-order valence-electron chi connectivity index (χ2n) is 5.79. The molecule has 1 amide bonds. The maximum absolute atomic E-state index is 12.4. The second kappa shape index (κ2) is 8.54. The third kappa shape index (κ3) is 4.86. The Bertz CT molecular complexity index is 875. The molecule has 1 heterocycles. The normalized spacial score (nSPS) is 10.5. The third-order valence-corrected chi connectivity index (χ3v) is 4.11. The fraction of sp³-hybridized carbons (Fsp3) is 0.200. The monoisotopic (exact) mass is 369 g/mol. The molecule has 0 saturated carbocycles. The summed E-state index contributed by atoms with van der Waals surface area (Å²) in [5.41, 5.74) is 2.35. The lowest BCUT2D eigenvalue weighted by molar-refractivity contribution is 0.0950. The molecular weight excluding hydrogens is 350 g/mol. The summed E-state index contributed by atoms with van der Waals surface area (Å²) >= 11 is 5.86. The van der Waals surface area contributed by atoms with Gasteiger partial charge < -0.3 is 10.1 Å². The van der Waals surface area contributed by atoms with Crippen LogP contribution in [0.5, 0.6) is 5.75 Å². The molecule has 2 aromatic carbocycles. The van der Waals surface area contributed by atoms with Crippen LogP contribution in [0.25, 0.3) is 0 Å². The number of benzene rings is 2. The fourth-order valence-electron chi connectivity index (χ4n) is 2.45. The molecule has 0 unspecified atom stereocenters. The lowest BCUT2D eigenvalue weighted by atomic mass is 10.1. The van der Waals surface area contributed by atoms with Crippen molar-refractivity contribution in [2.24, 2.45) is 0 Å². The number of ether oxygens (including phenoxy) is 1. The van der Waals surface area contributed by atoms with Gasteiger partial charge in [-0.05, 0) is 55.0 Å². The van der Waals surface area contributed by atoms with E-state index in [-0.39, 0.29) is 5.91 Å². The molecule has 6 heteroatoms. The highest BCUT2D eigenvalue weighted by Gasteiger charge is 2.08. The van der Waals surface area contributed by atoms with Crippen molar-refractivity contribution in [1.29, 1.82) is 0 Å². The highest BCUT2D eigenvalue weighted by atomic mass is 35.5. The van der Waals surface area contributed by atoms with Gasteiger partial charge in [0.05, 0.1) is 12.2 Å². The van der Waals surface area contributed by atoms with Gasteiger partial charge in [-0.1, -0.05) is 23.7 Å². The van der Waals surface area contributed by atoms with E-state index in [1.54, 1.807) is 18.2 Å². The number of halogens is 1. The Labute approximate surface area is 157 Å². The average Bonchev–Trinajstić information content (AvgIpc) is 3.14. The molecule has 1 N–H and O–H groups in total. The van der Waals surface area contributed by atoms with Gasteiger partial charge in [-0.25, -0.2) is 0 Å². The summed E-state index contributed by atoms with van der Waals surface area (Å²) in [6, 6.07) is 16.5. The van der Waals surface area contributed by atoms with Crippen molar-refractivity contribution >= 4 is 17.5 Å². The van der Waals surface area contributed by atoms with Crippen LogP contribution >= 0.6 is 11.6 Å². The van der Waals surface area contributed by atoms with Gasteiger partial charge in [0.25, 0.3) is 5.91 Å². The van der Waals surface area contributed by atoms with Gasteiger partial charge in [-0.3, -0.25) is 9.48 Å². The average molecular weight is 370 g/mol. The number of aryl methyl sites for hydroxylation is 1. The molecule has 0 bridgehead atoms. The molecule has 0 saturated heterocycles. The van der Waals surface area contributed by atoms with Crippen LogP contribution in [0.15, 0.2) is 60.8 Å². The van der Waals surface area contributed by atoms with Crippen molar-refractivity contribution in [2.75, 3.05) is 0 Å². The molecule has 5 nitrogen and oxygen atoms in total. The quantitative estimate of drug-likeness (QED) is 0.683. The summed E-state index contributed by atoms with van der Waals surface area (Å²) in [7, 11) is 0. The van der Waals surface area contributed by atoms with E-state index in [1.165, 1.54) is 0 Å². The fourth-order valence-corrected chi connectivity index (χ4v) is 2.57. The van der Waals surface area contributed by atoms with Crippen LogP contribution < -0.4 is 10.1 Å². The first-order chi connectivity index (χ1) is 12.6. The molecular formula is C20H20ClN3O2. The Morgan fingerprint density at radius 1 is 1.19 bits per heavy atom. The molecule has 0 radical (unpaired) electrons. The van der Waals surface area contributed by atoms with Crippen molar-refractivity contribution in [3.8, 4) is 5.75 Å². The minimum absolute atomic E-state index is 0.135. The van der Waals surface area contributed by atoms with Gasteiger partial charge in [0.1, 0.15) is 12.4 Å². The van der Waals surface area contributed by atoms with Gasteiger partial charge in [0.2, 0.25) is 0 Å². The zero-order valence-corrected chi connectivity index (χ0v) is 15.2. The first-order valence-corrected chi connectivity index (χ1v) is 8.79. The van der Waals surface area contributed by atoms with E-state index in [1.807, 2.05) is 54.2 Å². The number of nitrogens with zero attached hydrogens (tertiary/aromatic N) is 2. The van der Waals surface area contributed by atoms with Crippen molar-refractivity contribution < 1.29 is 9.53 Å². The van der Waals surface area contributed by atoms with Gasteiger partial charge >= 0.3 is 0 Å². The number of hydrogen-bond donors (Lipinski definition) is 1. The van der Waals surface area contributed by atoms with Gasteiger partial charge in [-0.15, -0.1) is 0 Å². The van der Waals surface area contributed by atoms with Crippen molar-refractivity contribution in [2.45, 2.75) is 26.6 Å². The smallest absolute Gasteiger partial charge is 0.251 e. The standard InChI is InChI=1S/C20H20ClN3O2/c1-2-24-11-10-18(23-24)13-22-20(25)16-5-3-4-15(12-16)14-26-19-8-6-17(21)7-9-19/h3-12H,2,13-14H2,1H3,(H,22,25). The SMILES string of the molecule is CCn1ccc(CNC(=O)c2cccc(COc3ccc(Cl)cc3)c2)n1. The van der Waals surface area contributed by atoms with Crippen LogP contribution in [0.4, 0.5) is 0 Å². The molecule has 134 valence electrons. The van der Waals surface area contributed by atoms with Gasteiger partial charge in [0, 0.05) is 23.3 Å². The summed E-state index contributed by atoms with van der Waals surface area (Å²) in [5.74, 6) is 0.597. The van der Waals surface area contributed by atoms with E-state index in [0.29, 0.717) is 23.7 Å². The maximum atomic E-state index is 12.4. The van der Waals surface area contributed by atoms with E-state index in [4.69, 9.17) is 16.3 Å². The van der Waals surface area contributed by atoms with Crippen molar-refractivity contribution in [3.05, 3.63) is 82.6 Å². The van der Waals surface area contributed by atoms with Gasteiger partial charge in [-0.2, -0.15) is 5.10 Å². The number of hydrogen-bond acceptors (Lipinski definition) is 3. The topological polar surface area (TPSA) is 56.2 Å². The molecule has 0 aliphatic rings.